The van der Waals surface area contributed by atoms with Gasteiger partial charge < -0.3 is 10.6 Å². The first-order valence-corrected chi connectivity index (χ1v) is 9.13. The molecule has 0 atom stereocenters. The first-order valence-electron chi connectivity index (χ1n) is 9.13. The molecule has 2 saturated carbocycles. The van der Waals surface area contributed by atoms with Gasteiger partial charge in [0.2, 0.25) is 11.8 Å². The lowest BCUT2D eigenvalue weighted by Crippen LogP contribution is -2.36. The summed E-state index contributed by atoms with van der Waals surface area (Å²) in [6.45, 7) is 6.14. The standard InChI is InChI=1S/C20H28N2O2/c1-12-10-13(2)18(14(3)11-12)22-20(24)16-6-4-15(5-7-16)19(23)21-17-8-9-17/h10-11,15-17H,4-9H2,1-3H3,(H,21,23)(H,22,24). The molecule has 0 saturated heterocycles. The molecule has 2 N–H and O–H groups in total. The summed E-state index contributed by atoms with van der Waals surface area (Å²) in [6, 6.07) is 4.62. The molecule has 130 valence electrons. The number of carbonyl (C=O) groups excluding carboxylic acids is 2. The fourth-order valence-electron chi connectivity index (χ4n) is 3.77. The molecular formula is C20H28N2O2. The fourth-order valence-corrected chi connectivity index (χ4v) is 3.77. The van der Waals surface area contributed by atoms with Crippen molar-refractivity contribution < 1.29 is 9.59 Å². The minimum Gasteiger partial charge on any atom is -0.353 e. The van der Waals surface area contributed by atoms with Crippen molar-refractivity contribution in [3.8, 4) is 0 Å². The molecule has 1 aromatic carbocycles. The molecule has 4 heteroatoms. The predicted molar refractivity (Wildman–Crippen MR) is 95.9 cm³/mol. The fraction of sp³-hybridized carbons (Fsp3) is 0.600. The summed E-state index contributed by atoms with van der Waals surface area (Å²) in [5.74, 6) is 0.417. The number of carbonyl (C=O) groups is 2. The maximum Gasteiger partial charge on any atom is 0.227 e. The Morgan fingerprint density at radius 2 is 1.33 bits per heavy atom. The smallest absolute Gasteiger partial charge is 0.227 e. The molecule has 0 radical (unpaired) electrons. The molecule has 3 rings (SSSR count). The zero-order valence-corrected chi connectivity index (χ0v) is 14.9. The Bertz CT molecular complexity index is 618. The summed E-state index contributed by atoms with van der Waals surface area (Å²) in [5, 5.41) is 6.21. The SMILES string of the molecule is Cc1cc(C)c(NC(=O)C2CCC(C(=O)NC3CC3)CC2)c(C)c1. The van der Waals surface area contributed by atoms with E-state index >= 15 is 0 Å². The van der Waals surface area contributed by atoms with Crippen LogP contribution in [0.4, 0.5) is 5.69 Å². The average Bonchev–Trinajstić information content (AvgIpc) is 3.34. The summed E-state index contributed by atoms with van der Waals surface area (Å²) in [5.41, 5.74) is 4.38. The number of aryl methyl sites for hydroxylation is 3. The first kappa shape index (κ1) is 17.0. The molecule has 24 heavy (non-hydrogen) atoms. The molecule has 0 spiro atoms. The Labute approximate surface area is 144 Å². The van der Waals surface area contributed by atoms with E-state index in [9.17, 15) is 9.59 Å². The topological polar surface area (TPSA) is 58.2 Å². The van der Waals surface area contributed by atoms with Gasteiger partial charge in [0.25, 0.3) is 0 Å². The number of rotatable bonds is 4. The van der Waals surface area contributed by atoms with Gasteiger partial charge in [-0.05, 0) is 70.4 Å². The minimum absolute atomic E-state index is 0.0232. The number of amides is 2. The molecule has 2 amide bonds. The van der Waals surface area contributed by atoms with E-state index < -0.39 is 0 Å². The van der Waals surface area contributed by atoms with E-state index in [4.69, 9.17) is 0 Å². The maximum atomic E-state index is 12.6. The minimum atomic E-state index is 0.0232. The highest BCUT2D eigenvalue weighted by atomic mass is 16.2. The van der Waals surface area contributed by atoms with Gasteiger partial charge in [0, 0.05) is 23.6 Å². The third kappa shape index (κ3) is 3.97. The van der Waals surface area contributed by atoms with E-state index in [0.29, 0.717) is 6.04 Å². The van der Waals surface area contributed by atoms with E-state index in [1.165, 1.54) is 5.56 Å². The Kier molecular flexibility index (Phi) is 4.93. The second kappa shape index (κ2) is 6.96. The van der Waals surface area contributed by atoms with Gasteiger partial charge in [-0.2, -0.15) is 0 Å². The van der Waals surface area contributed by atoms with Gasteiger partial charge in [0.1, 0.15) is 0 Å². The highest BCUT2D eigenvalue weighted by Crippen LogP contribution is 2.32. The number of hydrogen-bond acceptors (Lipinski definition) is 2. The molecule has 0 heterocycles. The van der Waals surface area contributed by atoms with Crippen molar-refractivity contribution in [2.45, 2.75) is 65.3 Å². The summed E-state index contributed by atoms with van der Waals surface area (Å²) in [7, 11) is 0. The molecule has 0 aliphatic heterocycles. The Morgan fingerprint density at radius 1 is 0.833 bits per heavy atom. The molecule has 2 fully saturated rings. The molecular weight excluding hydrogens is 300 g/mol. The van der Waals surface area contributed by atoms with Gasteiger partial charge in [-0.1, -0.05) is 17.7 Å². The lowest BCUT2D eigenvalue weighted by atomic mass is 9.81. The van der Waals surface area contributed by atoms with Crippen LogP contribution in [-0.4, -0.2) is 17.9 Å². The van der Waals surface area contributed by atoms with Crippen LogP contribution in [0.15, 0.2) is 12.1 Å². The highest BCUT2D eigenvalue weighted by Gasteiger charge is 2.32. The lowest BCUT2D eigenvalue weighted by Gasteiger charge is -2.27. The molecule has 0 bridgehead atoms. The number of benzene rings is 1. The van der Waals surface area contributed by atoms with Crippen LogP contribution in [0.25, 0.3) is 0 Å². The van der Waals surface area contributed by atoms with Crippen LogP contribution in [-0.2, 0) is 9.59 Å². The van der Waals surface area contributed by atoms with Gasteiger partial charge in [0.15, 0.2) is 0 Å². The molecule has 0 aromatic heterocycles. The summed E-state index contributed by atoms with van der Waals surface area (Å²) in [4.78, 5) is 24.7. The largest absolute Gasteiger partial charge is 0.353 e. The summed E-state index contributed by atoms with van der Waals surface area (Å²) in [6.07, 6.45) is 5.50. The van der Waals surface area contributed by atoms with Gasteiger partial charge in [-0.3, -0.25) is 9.59 Å². The van der Waals surface area contributed by atoms with Crippen LogP contribution >= 0.6 is 0 Å². The lowest BCUT2D eigenvalue weighted by molar-refractivity contribution is -0.128. The summed E-state index contributed by atoms with van der Waals surface area (Å²) < 4.78 is 0. The molecule has 1 aromatic rings. The van der Waals surface area contributed by atoms with Crippen molar-refractivity contribution >= 4 is 17.5 Å². The number of anilines is 1. The normalized spacial score (nSPS) is 23.6. The van der Waals surface area contributed by atoms with Gasteiger partial charge in [0.05, 0.1) is 0 Å². The van der Waals surface area contributed by atoms with E-state index in [2.05, 4.69) is 29.7 Å². The molecule has 2 aliphatic rings. The van der Waals surface area contributed by atoms with Gasteiger partial charge in [-0.25, -0.2) is 0 Å². The Balaban J connectivity index is 1.54. The van der Waals surface area contributed by atoms with E-state index in [0.717, 1.165) is 55.3 Å². The van der Waals surface area contributed by atoms with Crippen LogP contribution in [0.2, 0.25) is 0 Å². The quantitative estimate of drug-likeness (QED) is 0.886. The van der Waals surface area contributed by atoms with E-state index in [1.807, 2.05) is 13.8 Å². The van der Waals surface area contributed by atoms with Crippen molar-refractivity contribution in [3.05, 3.63) is 28.8 Å². The molecule has 0 unspecified atom stereocenters. The predicted octanol–water partition coefficient (Wildman–Crippen LogP) is 3.64. The number of hydrogen-bond donors (Lipinski definition) is 2. The van der Waals surface area contributed by atoms with Crippen molar-refractivity contribution in [1.29, 1.82) is 0 Å². The highest BCUT2D eigenvalue weighted by molar-refractivity contribution is 5.94. The van der Waals surface area contributed by atoms with Gasteiger partial charge >= 0.3 is 0 Å². The van der Waals surface area contributed by atoms with Crippen molar-refractivity contribution in [2.75, 3.05) is 5.32 Å². The average molecular weight is 328 g/mol. The van der Waals surface area contributed by atoms with Crippen molar-refractivity contribution in [2.24, 2.45) is 11.8 Å². The monoisotopic (exact) mass is 328 g/mol. The number of nitrogens with one attached hydrogen (secondary N) is 2. The second-order valence-corrected chi connectivity index (χ2v) is 7.59. The van der Waals surface area contributed by atoms with Crippen LogP contribution < -0.4 is 10.6 Å². The Hall–Kier alpha value is -1.84. The van der Waals surface area contributed by atoms with E-state index in [-0.39, 0.29) is 23.7 Å². The zero-order valence-electron chi connectivity index (χ0n) is 14.9. The first-order chi connectivity index (χ1) is 11.4. The van der Waals surface area contributed by atoms with Crippen LogP contribution in [0.1, 0.15) is 55.2 Å². The van der Waals surface area contributed by atoms with Crippen LogP contribution in [0.3, 0.4) is 0 Å². The van der Waals surface area contributed by atoms with Crippen LogP contribution in [0.5, 0.6) is 0 Å². The van der Waals surface area contributed by atoms with Crippen molar-refractivity contribution in [1.82, 2.24) is 5.32 Å². The Morgan fingerprint density at radius 3 is 1.83 bits per heavy atom. The van der Waals surface area contributed by atoms with Gasteiger partial charge in [-0.15, -0.1) is 0 Å². The second-order valence-electron chi connectivity index (χ2n) is 7.59. The molecule has 2 aliphatic carbocycles. The maximum absolute atomic E-state index is 12.6. The third-order valence-electron chi connectivity index (χ3n) is 5.32. The molecule has 4 nitrogen and oxygen atoms in total. The zero-order chi connectivity index (χ0) is 17.3. The van der Waals surface area contributed by atoms with E-state index in [1.54, 1.807) is 0 Å². The summed E-state index contributed by atoms with van der Waals surface area (Å²) >= 11 is 0. The third-order valence-corrected chi connectivity index (χ3v) is 5.32. The van der Waals surface area contributed by atoms with Crippen LogP contribution in [0, 0.1) is 32.6 Å². The van der Waals surface area contributed by atoms with Crippen molar-refractivity contribution in [3.63, 3.8) is 0 Å².